The van der Waals surface area contributed by atoms with E-state index in [0.717, 1.165) is 25.0 Å². The van der Waals surface area contributed by atoms with E-state index in [2.05, 4.69) is 15.5 Å². The number of halogens is 1. The van der Waals surface area contributed by atoms with Crippen molar-refractivity contribution in [2.75, 3.05) is 19.6 Å². The molecule has 7 heteroatoms. The number of carbonyl (C=O) groups excluding carboxylic acids is 1. The quantitative estimate of drug-likeness (QED) is 0.918. The van der Waals surface area contributed by atoms with E-state index in [1.165, 1.54) is 24.3 Å². The summed E-state index contributed by atoms with van der Waals surface area (Å²) in [6.07, 6.45) is 7.52. The Morgan fingerprint density at radius 1 is 1.31 bits per heavy atom. The summed E-state index contributed by atoms with van der Waals surface area (Å²) in [6.45, 7) is 1.93. The predicted octanol–water partition coefficient (Wildman–Crippen LogP) is 2.73. The van der Waals surface area contributed by atoms with Gasteiger partial charge in [0.2, 0.25) is 11.7 Å². The smallest absolute Gasteiger partial charge is 0.253 e. The van der Waals surface area contributed by atoms with Crippen molar-refractivity contribution >= 4 is 11.5 Å². The summed E-state index contributed by atoms with van der Waals surface area (Å²) in [4.78, 5) is 18.9. The summed E-state index contributed by atoms with van der Waals surface area (Å²) in [5.41, 5.74) is 1.41. The van der Waals surface area contributed by atoms with Gasteiger partial charge in [-0.2, -0.15) is 4.98 Å². The van der Waals surface area contributed by atoms with Crippen LogP contribution < -0.4 is 5.32 Å². The number of aromatic nitrogens is 2. The molecule has 1 saturated heterocycles. The molecule has 0 radical (unpaired) electrons. The molecule has 2 aliphatic rings. The molecular weight excluding hydrogens is 335 g/mol. The van der Waals surface area contributed by atoms with Crippen molar-refractivity contribution in [2.24, 2.45) is 0 Å². The molecule has 3 heterocycles. The van der Waals surface area contributed by atoms with E-state index in [-0.39, 0.29) is 17.6 Å². The molecule has 1 aromatic carbocycles. The van der Waals surface area contributed by atoms with Gasteiger partial charge in [-0.05, 0) is 49.4 Å². The fraction of sp³-hybridized carbons (Fsp3) is 0.316. The predicted molar refractivity (Wildman–Crippen MR) is 93.7 cm³/mol. The van der Waals surface area contributed by atoms with E-state index < -0.39 is 0 Å². The van der Waals surface area contributed by atoms with E-state index in [0.29, 0.717) is 30.4 Å². The number of hydrogen-bond donors (Lipinski definition) is 1. The Kier molecular flexibility index (Phi) is 4.51. The third-order valence-corrected chi connectivity index (χ3v) is 4.67. The van der Waals surface area contributed by atoms with Crippen molar-refractivity contribution in [3.05, 3.63) is 65.7 Å². The number of piperidine rings is 1. The molecule has 26 heavy (non-hydrogen) atoms. The zero-order valence-electron chi connectivity index (χ0n) is 14.2. The molecule has 0 aliphatic carbocycles. The second kappa shape index (κ2) is 7.11. The fourth-order valence-corrected chi connectivity index (χ4v) is 3.28. The monoisotopic (exact) mass is 354 g/mol. The van der Waals surface area contributed by atoms with Gasteiger partial charge < -0.3 is 14.7 Å². The summed E-state index contributed by atoms with van der Waals surface area (Å²) >= 11 is 0. The zero-order chi connectivity index (χ0) is 17.9. The molecule has 1 N–H and O–H groups in total. The number of amides is 1. The molecule has 134 valence electrons. The van der Waals surface area contributed by atoms with Gasteiger partial charge in [0.15, 0.2) is 0 Å². The molecular formula is C19H19FN4O2. The van der Waals surface area contributed by atoms with Gasteiger partial charge in [-0.25, -0.2) is 4.39 Å². The molecule has 4 rings (SSSR count). The van der Waals surface area contributed by atoms with Gasteiger partial charge in [-0.3, -0.25) is 4.79 Å². The first-order chi connectivity index (χ1) is 12.7. The summed E-state index contributed by atoms with van der Waals surface area (Å²) < 4.78 is 18.5. The molecule has 0 spiro atoms. The minimum Gasteiger partial charge on any atom is -0.387 e. The van der Waals surface area contributed by atoms with Crippen molar-refractivity contribution < 1.29 is 13.7 Å². The number of nitrogens with one attached hydrogen (secondary N) is 1. The van der Waals surface area contributed by atoms with Gasteiger partial charge >= 0.3 is 0 Å². The van der Waals surface area contributed by atoms with Crippen molar-refractivity contribution in [1.29, 1.82) is 0 Å². The molecule has 1 unspecified atom stereocenters. The molecule has 0 saturated carbocycles. The Labute approximate surface area is 150 Å². The van der Waals surface area contributed by atoms with Crippen LogP contribution in [-0.2, 0) is 0 Å². The summed E-state index contributed by atoms with van der Waals surface area (Å²) in [6, 6.07) is 5.64. The average molecular weight is 354 g/mol. The highest BCUT2D eigenvalue weighted by molar-refractivity contribution is 5.94. The SMILES string of the molecule is O=C(c1ccc(F)cc1)N1CCCC(c2nc(C3=CCNC=C3)no2)C1. The molecule has 1 atom stereocenters. The van der Waals surface area contributed by atoms with E-state index in [1.54, 1.807) is 4.90 Å². The van der Waals surface area contributed by atoms with Gasteiger partial charge in [0.1, 0.15) is 5.82 Å². The second-order valence-electron chi connectivity index (χ2n) is 6.45. The van der Waals surface area contributed by atoms with Gasteiger partial charge in [0.05, 0.1) is 5.92 Å². The molecule has 1 aromatic heterocycles. The lowest BCUT2D eigenvalue weighted by molar-refractivity contribution is 0.0695. The van der Waals surface area contributed by atoms with Crippen LogP contribution >= 0.6 is 0 Å². The molecule has 1 amide bonds. The number of allylic oxidation sites excluding steroid dienone is 2. The maximum atomic E-state index is 13.1. The van der Waals surface area contributed by atoms with Crippen molar-refractivity contribution in [3.8, 4) is 0 Å². The maximum absolute atomic E-state index is 13.1. The summed E-state index contributed by atoms with van der Waals surface area (Å²) in [7, 11) is 0. The fourth-order valence-electron chi connectivity index (χ4n) is 3.28. The highest BCUT2D eigenvalue weighted by Gasteiger charge is 2.29. The number of likely N-dealkylation sites (tertiary alicyclic amines) is 1. The van der Waals surface area contributed by atoms with E-state index >= 15 is 0 Å². The van der Waals surface area contributed by atoms with Crippen LogP contribution in [0, 0.1) is 5.82 Å². The minimum absolute atomic E-state index is 0.0145. The van der Waals surface area contributed by atoms with Crippen LogP contribution in [0.4, 0.5) is 4.39 Å². The highest BCUT2D eigenvalue weighted by Crippen LogP contribution is 2.28. The van der Waals surface area contributed by atoms with Crippen molar-refractivity contribution in [1.82, 2.24) is 20.4 Å². The van der Waals surface area contributed by atoms with Crippen LogP contribution in [-0.4, -0.2) is 40.6 Å². The molecule has 2 aliphatic heterocycles. The first kappa shape index (κ1) is 16.5. The van der Waals surface area contributed by atoms with Gasteiger partial charge in [-0.1, -0.05) is 11.2 Å². The van der Waals surface area contributed by atoms with Gasteiger partial charge in [0, 0.05) is 30.8 Å². The Hall–Kier alpha value is -2.96. The van der Waals surface area contributed by atoms with Crippen LogP contribution in [0.25, 0.3) is 5.57 Å². The van der Waals surface area contributed by atoms with Crippen LogP contribution in [0.15, 0.2) is 47.1 Å². The Morgan fingerprint density at radius 3 is 2.92 bits per heavy atom. The highest BCUT2D eigenvalue weighted by atomic mass is 19.1. The van der Waals surface area contributed by atoms with Crippen LogP contribution in [0.1, 0.15) is 40.8 Å². The average Bonchev–Trinajstić information content (AvgIpc) is 3.19. The molecule has 1 fully saturated rings. The van der Waals surface area contributed by atoms with Crippen LogP contribution in [0.2, 0.25) is 0 Å². The maximum Gasteiger partial charge on any atom is 0.253 e. The molecule has 2 aromatic rings. The standard InChI is InChI=1S/C19H19FN4O2/c20-16-5-3-14(4-6-16)19(25)24-11-1-2-15(12-24)18-22-17(23-26-18)13-7-9-21-10-8-13/h3-9,15,21H,1-2,10-12H2. The molecule has 0 bridgehead atoms. The van der Waals surface area contributed by atoms with Gasteiger partial charge in [-0.15, -0.1) is 0 Å². The lowest BCUT2D eigenvalue weighted by Crippen LogP contribution is -2.39. The number of carbonyl (C=O) groups is 1. The topological polar surface area (TPSA) is 71.3 Å². The molecule has 6 nitrogen and oxygen atoms in total. The lowest BCUT2D eigenvalue weighted by Gasteiger charge is -2.31. The Balaban J connectivity index is 1.47. The number of hydrogen-bond acceptors (Lipinski definition) is 5. The number of dihydropyridines is 1. The van der Waals surface area contributed by atoms with Gasteiger partial charge in [0.25, 0.3) is 5.91 Å². The lowest BCUT2D eigenvalue weighted by atomic mass is 9.97. The first-order valence-corrected chi connectivity index (χ1v) is 8.69. The van der Waals surface area contributed by atoms with Crippen molar-refractivity contribution in [2.45, 2.75) is 18.8 Å². The third kappa shape index (κ3) is 3.37. The zero-order valence-corrected chi connectivity index (χ0v) is 14.2. The first-order valence-electron chi connectivity index (χ1n) is 8.69. The van der Waals surface area contributed by atoms with Crippen LogP contribution in [0.3, 0.4) is 0 Å². The Bertz CT molecular complexity index is 857. The Morgan fingerprint density at radius 2 is 2.15 bits per heavy atom. The normalized spacial score (nSPS) is 19.8. The summed E-state index contributed by atoms with van der Waals surface area (Å²) in [5, 5.41) is 7.16. The number of benzene rings is 1. The third-order valence-electron chi connectivity index (χ3n) is 4.67. The summed E-state index contributed by atoms with van der Waals surface area (Å²) in [5.74, 6) is 0.695. The minimum atomic E-state index is -0.349. The number of nitrogens with zero attached hydrogens (tertiary/aromatic N) is 3. The number of rotatable bonds is 3. The largest absolute Gasteiger partial charge is 0.387 e. The second-order valence-corrected chi connectivity index (χ2v) is 6.45. The van der Waals surface area contributed by atoms with Crippen LogP contribution in [0.5, 0.6) is 0 Å². The van der Waals surface area contributed by atoms with Crippen molar-refractivity contribution in [3.63, 3.8) is 0 Å². The van der Waals surface area contributed by atoms with E-state index in [1.807, 2.05) is 18.4 Å². The van der Waals surface area contributed by atoms with E-state index in [4.69, 9.17) is 4.52 Å². The van der Waals surface area contributed by atoms with E-state index in [9.17, 15) is 9.18 Å².